The average molecular weight is 289 g/mol. The van der Waals surface area contributed by atoms with Crippen molar-refractivity contribution in [2.45, 2.75) is 31.1 Å². The predicted octanol–water partition coefficient (Wildman–Crippen LogP) is 2.20. The van der Waals surface area contributed by atoms with Crippen LogP contribution in [0, 0.1) is 0 Å². The van der Waals surface area contributed by atoms with E-state index in [1.807, 2.05) is 11.1 Å². The number of amides is 1. The highest BCUT2D eigenvalue weighted by Crippen LogP contribution is 2.22. The zero-order valence-corrected chi connectivity index (χ0v) is 11.0. The van der Waals surface area contributed by atoms with Gasteiger partial charge in [0, 0.05) is 17.6 Å². The van der Waals surface area contributed by atoms with Gasteiger partial charge < -0.3 is 4.90 Å². The van der Waals surface area contributed by atoms with Crippen molar-refractivity contribution < 1.29 is 4.79 Å². The molecule has 15 heavy (non-hydrogen) atoms. The van der Waals surface area contributed by atoms with Crippen molar-refractivity contribution >= 4 is 33.2 Å². The Morgan fingerprint density at radius 2 is 2.53 bits per heavy atom. The van der Waals surface area contributed by atoms with E-state index in [-0.39, 0.29) is 10.7 Å². The van der Waals surface area contributed by atoms with Crippen molar-refractivity contribution in [2.75, 3.05) is 6.54 Å². The number of aryl methyl sites for hydroxylation is 1. The van der Waals surface area contributed by atoms with Crippen molar-refractivity contribution in [3.05, 3.63) is 16.1 Å². The number of carbonyl (C=O) groups excluding carboxylic acids is 1. The summed E-state index contributed by atoms with van der Waals surface area (Å²) in [4.78, 5) is 19.1. The Balaban J connectivity index is 2.00. The molecule has 2 heterocycles. The molecule has 1 fully saturated rings. The van der Waals surface area contributed by atoms with E-state index in [0.717, 1.165) is 24.4 Å². The molecule has 1 saturated heterocycles. The molecule has 1 aliphatic heterocycles. The molecule has 82 valence electrons. The van der Waals surface area contributed by atoms with Gasteiger partial charge in [-0.2, -0.15) is 0 Å². The van der Waals surface area contributed by atoms with Gasteiger partial charge in [0.2, 0.25) is 5.91 Å². The highest BCUT2D eigenvalue weighted by Gasteiger charge is 2.29. The number of halogens is 1. The second-order valence-corrected chi connectivity index (χ2v) is 5.89. The SMILES string of the molecule is CCc1cnc(CN2CCC(Br)C2=O)s1. The van der Waals surface area contributed by atoms with E-state index in [1.54, 1.807) is 11.3 Å². The lowest BCUT2D eigenvalue weighted by molar-refractivity contribution is -0.127. The second kappa shape index (κ2) is 4.61. The maximum absolute atomic E-state index is 11.6. The first-order valence-electron chi connectivity index (χ1n) is 5.07. The van der Waals surface area contributed by atoms with E-state index in [1.165, 1.54) is 4.88 Å². The third-order valence-corrected chi connectivity index (χ3v) is 4.48. The summed E-state index contributed by atoms with van der Waals surface area (Å²) in [5.74, 6) is 0.197. The number of hydrogen-bond donors (Lipinski definition) is 0. The smallest absolute Gasteiger partial charge is 0.236 e. The number of likely N-dealkylation sites (tertiary alicyclic amines) is 1. The summed E-state index contributed by atoms with van der Waals surface area (Å²) in [6.45, 7) is 3.63. The molecule has 1 atom stereocenters. The molecule has 0 saturated carbocycles. The number of nitrogens with zero attached hydrogens (tertiary/aromatic N) is 2. The van der Waals surface area contributed by atoms with Gasteiger partial charge >= 0.3 is 0 Å². The van der Waals surface area contributed by atoms with Crippen LogP contribution in [0.3, 0.4) is 0 Å². The lowest BCUT2D eigenvalue weighted by Gasteiger charge is -2.13. The standard InChI is InChI=1S/C10H13BrN2OS/c1-2-7-5-12-9(15-7)6-13-4-3-8(11)10(13)14/h5,8H,2-4,6H2,1H3. The first-order valence-corrected chi connectivity index (χ1v) is 6.80. The molecule has 2 rings (SSSR count). The summed E-state index contributed by atoms with van der Waals surface area (Å²) in [7, 11) is 0. The Morgan fingerprint density at radius 1 is 1.73 bits per heavy atom. The molecule has 1 aliphatic rings. The average Bonchev–Trinajstić information content (AvgIpc) is 2.80. The van der Waals surface area contributed by atoms with E-state index >= 15 is 0 Å². The Labute approximate surface area is 102 Å². The third kappa shape index (κ3) is 2.39. The van der Waals surface area contributed by atoms with Crippen LogP contribution < -0.4 is 0 Å². The largest absolute Gasteiger partial charge is 0.335 e. The fourth-order valence-corrected chi connectivity index (χ4v) is 2.98. The molecule has 0 aromatic carbocycles. The van der Waals surface area contributed by atoms with Crippen molar-refractivity contribution in [1.82, 2.24) is 9.88 Å². The van der Waals surface area contributed by atoms with Gasteiger partial charge in [-0.15, -0.1) is 11.3 Å². The number of alkyl halides is 1. The van der Waals surface area contributed by atoms with Crippen LogP contribution in [0.5, 0.6) is 0 Å². The Morgan fingerprint density at radius 3 is 3.07 bits per heavy atom. The van der Waals surface area contributed by atoms with Gasteiger partial charge in [0.15, 0.2) is 0 Å². The van der Waals surface area contributed by atoms with Crippen LogP contribution >= 0.6 is 27.3 Å². The molecule has 5 heteroatoms. The normalized spacial score (nSPS) is 21.3. The molecule has 1 aromatic rings. The fraction of sp³-hybridized carbons (Fsp3) is 0.600. The number of aromatic nitrogens is 1. The van der Waals surface area contributed by atoms with Crippen molar-refractivity contribution in [2.24, 2.45) is 0 Å². The van der Waals surface area contributed by atoms with Gasteiger partial charge in [-0.3, -0.25) is 4.79 Å². The van der Waals surface area contributed by atoms with E-state index < -0.39 is 0 Å². The molecule has 1 aromatic heterocycles. The summed E-state index contributed by atoms with van der Waals surface area (Å²) in [5, 5.41) is 1.04. The van der Waals surface area contributed by atoms with Gasteiger partial charge in [0.25, 0.3) is 0 Å². The second-order valence-electron chi connectivity index (χ2n) is 3.59. The summed E-state index contributed by atoms with van der Waals surface area (Å²) in [6, 6.07) is 0. The monoisotopic (exact) mass is 288 g/mol. The van der Waals surface area contributed by atoms with Gasteiger partial charge in [0.1, 0.15) is 5.01 Å². The highest BCUT2D eigenvalue weighted by atomic mass is 79.9. The molecule has 0 N–H and O–H groups in total. The summed E-state index contributed by atoms with van der Waals surface area (Å²) in [5.41, 5.74) is 0. The number of rotatable bonds is 3. The predicted molar refractivity (Wildman–Crippen MR) is 64.2 cm³/mol. The molecular weight excluding hydrogens is 276 g/mol. The van der Waals surface area contributed by atoms with Gasteiger partial charge in [0.05, 0.1) is 11.4 Å². The van der Waals surface area contributed by atoms with Crippen molar-refractivity contribution in [3.8, 4) is 0 Å². The molecule has 0 bridgehead atoms. The lowest BCUT2D eigenvalue weighted by Crippen LogP contribution is -2.26. The van der Waals surface area contributed by atoms with Gasteiger partial charge in [-0.1, -0.05) is 22.9 Å². The zero-order valence-electron chi connectivity index (χ0n) is 8.57. The molecule has 0 spiro atoms. The highest BCUT2D eigenvalue weighted by molar-refractivity contribution is 9.10. The number of thiazole rings is 1. The summed E-state index contributed by atoms with van der Waals surface area (Å²) in [6.07, 6.45) is 3.84. The minimum absolute atomic E-state index is 0.0168. The van der Waals surface area contributed by atoms with Crippen molar-refractivity contribution in [1.29, 1.82) is 0 Å². The topological polar surface area (TPSA) is 33.2 Å². The van der Waals surface area contributed by atoms with Gasteiger partial charge in [-0.25, -0.2) is 4.98 Å². The van der Waals surface area contributed by atoms with Crippen LogP contribution in [0.1, 0.15) is 23.2 Å². The molecular formula is C10H13BrN2OS. The Hall–Kier alpha value is -0.420. The molecule has 0 radical (unpaired) electrons. The van der Waals surface area contributed by atoms with Crippen LogP contribution in [-0.2, 0) is 17.8 Å². The fourth-order valence-electron chi connectivity index (χ4n) is 1.61. The molecule has 3 nitrogen and oxygen atoms in total. The first-order chi connectivity index (χ1) is 7.20. The minimum Gasteiger partial charge on any atom is -0.335 e. The molecule has 1 amide bonds. The van der Waals surface area contributed by atoms with E-state index in [2.05, 4.69) is 27.8 Å². The Bertz CT molecular complexity index is 366. The van der Waals surface area contributed by atoms with Gasteiger partial charge in [-0.05, 0) is 12.8 Å². The van der Waals surface area contributed by atoms with Crippen molar-refractivity contribution in [3.63, 3.8) is 0 Å². The maximum atomic E-state index is 11.6. The van der Waals surface area contributed by atoms with E-state index in [0.29, 0.717) is 6.54 Å². The van der Waals surface area contributed by atoms with Crippen LogP contribution in [-0.4, -0.2) is 27.2 Å². The molecule has 1 unspecified atom stereocenters. The zero-order chi connectivity index (χ0) is 10.8. The minimum atomic E-state index is 0.0168. The van der Waals surface area contributed by atoms with Crippen LogP contribution in [0.4, 0.5) is 0 Å². The maximum Gasteiger partial charge on any atom is 0.236 e. The van der Waals surface area contributed by atoms with E-state index in [9.17, 15) is 4.79 Å². The van der Waals surface area contributed by atoms with Crippen LogP contribution in [0.25, 0.3) is 0 Å². The van der Waals surface area contributed by atoms with E-state index in [4.69, 9.17) is 0 Å². The van der Waals surface area contributed by atoms with Crippen LogP contribution in [0.2, 0.25) is 0 Å². The van der Waals surface area contributed by atoms with Crippen LogP contribution in [0.15, 0.2) is 6.20 Å². The quantitative estimate of drug-likeness (QED) is 0.799. The molecule has 0 aliphatic carbocycles. The summed E-state index contributed by atoms with van der Waals surface area (Å²) >= 11 is 5.07. The number of carbonyl (C=O) groups is 1. The first kappa shape index (κ1) is 11.1. The number of hydrogen-bond acceptors (Lipinski definition) is 3. The summed E-state index contributed by atoms with van der Waals surface area (Å²) < 4.78 is 0. The Kier molecular flexibility index (Phi) is 3.41. The third-order valence-electron chi connectivity index (χ3n) is 2.51. The lowest BCUT2D eigenvalue weighted by atomic mass is 10.4.